The van der Waals surface area contributed by atoms with Gasteiger partial charge in [0.15, 0.2) is 0 Å². The lowest BCUT2D eigenvalue weighted by Gasteiger charge is -2.24. The molecule has 1 unspecified atom stereocenters. The zero-order valence-electron chi connectivity index (χ0n) is 10.8. The van der Waals surface area contributed by atoms with Crippen LogP contribution in [-0.2, 0) is 16.1 Å². The molecule has 0 saturated carbocycles. The van der Waals surface area contributed by atoms with Crippen LogP contribution in [0.3, 0.4) is 0 Å². The van der Waals surface area contributed by atoms with Crippen LogP contribution in [0.25, 0.3) is 0 Å². The van der Waals surface area contributed by atoms with Crippen LogP contribution < -0.4 is 0 Å². The van der Waals surface area contributed by atoms with Gasteiger partial charge in [-0.1, -0.05) is 13.0 Å². The molecule has 1 aromatic rings. The van der Waals surface area contributed by atoms with Gasteiger partial charge in [0.1, 0.15) is 0 Å². The lowest BCUT2D eigenvalue weighted by molar-refractivity contribution is -0.135. The van der Waals surface area contributed by atoms with Gasteiger partial charge in [-0.3, -0.25) is 9.78 Å². The number of carbonyl (C=O) groups is 1. The van der Waals surface area contributed by atoms with Gasteiger partial charge < -0.3 is 9.64 Å². The maximum absolute atomic E-state index is 12.1. The minimum atomic E-state index is -0.188. The highest BCUT2D eigenvalue weighted by atomic mass is 35.5. The van der Waals surface area contributed by atoms with E-state index in [1.165, 1.54) is 0 Å². The molecule has 0 aromatic carbocycles. The molecule has 0 bridgehead atoms. The van der Waals surface area contributed by atoms with Gasteiger partial charge in [-0.25, -0.2) is 0 Å². The Morgan fingerprint density at radius 2 is 2.33 bits per heavy atom. The lowest BCUT2D eigenvalue weighted by Crippen LogP contribution is -2.37. The maximum atomic E-state index is 12.1. The molecule has 1 heterocycles. The Morgan fingerprint density at radius 3 is 2.89 bits per heavy atom. The second-order valence-corrected chi connectivity index (χ2v) is 4.44. The summed E-state index contributed by atoms with van der Waals surface area (Å²) in [7, 11) is 1.62. The van der Waals surface area contributed by atoms with Crippen molar-refractivity contribution in [2.24, 2.45) is 5.92 Å². The highest BCUT2D eigenvalue weighted by molar-refractivity contribution is 6.19. The molecule has 1 aromatic heterocycles. The Labute approximate surface area is 113 Å². The summed E-state index contributed by atoms with van der Waals surface area (Å²) in [6, 6.07) is 5.66. The van der Waals surface area contributed by atoms with Gasteiger partial charge in [0, 0.05) is 31.6 Å². The molecule has 0 fully saturated rings. The van der Waals surface area contributed by atoms with Crippen molar-refractivity contribution in [3.05, 3.63) is 30.1 Å². The highest BCUT2D eigenvalue weighted by Gasteiger charge is 2.20. The van der Waals surface area contributed by atoms with E-state index in [2.05, 4.69) is 4.98 Å². The second kappa shape index (κ2) is 8.06. The Hall–Kier alpha value is -1.13. The molecule has 4 nitrogen and oxygen atoms in total. The van der Waals surface area contributed by atoms with E-state index in [0.717, 1.165) is 5.69 Å². The number of nitrogens with zero attached hydrogens (tertiary/aromatic N) is 2. The average Bonchev–Trinajstić information content (AvgIpc) is 2.42. The number of carbonyl (C=O) groups excluding carboxylic acids is 1. The molecule has 0 radical (unpaired) electrons. The third kappa shape index (κ3) is 4.63. The van der Waals surface area contributed by atoms with E-state index in [1.807, 2.05) is 25.1 Å². The van der Waals surface area contributed by atoms with Crippen LogP contribution in [0.4, 0.5) is 0 Å². The summed E-state index contributed by atoms with van der Waals surface area (Å²) < 4.78 is 5.03. The molecule has 0 saturated heterocycles. The van der Waals surface area contributed by atoms with E-state index in [9.17, 15) is 4.79 Å². The number of aromatic nitrogens is 1. The summed E-state index contributed by atoms with van der Waals surface area (Å²) in [5.41, 5.74) is 0.865. The Balaban J connectivity index is 2.69. The van der Waals surface area contributed by atoms with Crippen LogP contribution in [0.15, 0.2) is 24.4 Å². The summed E-state index contributed by atoms with van der Waals surface area (Å²) in [5, 5.41) is 0. The van der Waals surface area contributed by atoms with E-state index < -0.39 is 0 Å². The van der Waals surface area contributed by atoms with Crippen LogP contribution in [0.2, 0.25) is 0 Å². The molecular formula is C13H19ClN2O2. The second-order valence-electron chi connectivity index (χ2n) is 4.13. The Kier molecular flexibility index (Phi) is 6.68. The van der Waals surface area contributed by atoms with Crippen molar-refractivity contribution in [2.45, 2.75) is 13.5 Å². The molecule has 1 amide bonds. The topological polar surface area (TPSA) is 42.4 Å². The highest BCUT2D eigenvalue weighted by Crippen LogP contribution is 2.08. The van der Waals surface area contributed by atoms with Crippen LogP contribution in [-0.4, -0.2) is 41.9 Å². The average molecular weight is 271 g/mol. The van der Waals surface area contributed by atoms with Crippen molar-refractivity contribution in [3.63, 3.8) is 0 Å². The van der Waals surface area contributed by atoms with E-state index >= 15 is 0 Å². The first-order valence-corrected chi connectivity index (χ1v) is 6.46. The molecule has 0 spiro atoms. The number of ether oxygens (including phenoxy) is 1. The fraction of sp³-hybridized carbons (Fsp3) is 0.538. The number of hydrogen-bond acceptors (Lipinski definition) is 3. The molecular weight excluding hydrogens is 252 g/mol. The van der Waals surface area contributed by atoms with E-state index in [1.54, 1.807) is 18.2 Å². The minimum Gasteiger partial charge on any atom is -0.383 e. The van der Waals surface area contributed by atoms with E-state index in [0.29, 0.717) is 25.6 Å². The SMILES string of the molecule is COCCN(Cc1ccccn1)C(=O)C(C)CCl. The normalized spacial score (nSPS) is 12.2. The fourth-order valence-corrected chi connectivity index (χ4v) is 1.67. The monoisotopic (exact) mass is 270 g/mol. The smallest absolute Gasteiger partial charge is 0.227 e. The number of amides is 1. The standard InChI is InChI=1S/C13H19ClN2O2/c1-11(9-14)13(17)16(7-8-18-2)10-12-5-3-4-6-15-12/h3-6,11H,7-10H2,1-2H3. The van der Waals surface area contributed by atoms with Crippen molar-refractivity contribution < 1.29 is 9.53 Å². The van der Waals surface area contributed by atoms with Gasteiger partial charge >= 0.3 is 0 Å². The van der Waals surface area contributed by atoms with Gasteiger partial charge in [0.05, 0.1) is 18.8 Å². The number of halogens is 1. The summed E-state index contributed by atoms with van der Waals surface area (Å²) in [5.74, 6) is 0.171. The summed E-state index contributed by atoms with van der Waals surface area (Å²) >= 11 is 5.73. The van der Waals surface area contributed by atoms with Gasteiger partial charge in [0.25, 0.3) is 0 Å². The van der Waals surface area contributed by atoms with Crippen molar-refractivity contribution in [1.82, 2.24) is 9.88 Å². The van der Waals surface area contributed by atoms with Gasteiger partial charge in [-0.05, 0) is 12.1 Å². The zero-order chi connectivity index (χ0) is 13.4. The van der Waals surface area contributed by atoms with Crippen LogP contribution >= 0.6 is 11.6 Å². The Morgan fingerprint density at radius 1 is 1.56 bits per heavy atom. The van der Waals surface area contributed by atoms with Gasteiger partial charge in [-0.2, -0.15) is 0 Å². The van der Waals surface area contributed by atoms with Crippen LogP contribution in [0.1, 0.15) is 12.6 Å². The molecule has 1 atom stereocenters. The van der Waals surface area contributed by atoms with E-state index in [-0.39, 0.29) is 11.8 Å². The van der Waals surface area contributed by atoms with Crippen molar-refractivity contribution in [2.75, 3.05) is 26.1 Å². The zero-order valence-corrected chi connectivity index (χ0v) is 11.6. The van der Waals surface area contributed by atoms with Crippen molar-refractivity contribution >= 4 is 17.5 Å². The first-order valence-electron chi connectivity index (χ1n) is 5.92. The molecule has 0 aliphatic carbocycles. The predicted octanol–water partition coefficient (Wildman–Crippen LogP) is 1.93. The van der Waals surface area contributed by atoms with Crippen molar-refractivity contribution in [1.29, 1.82) is 0 Å². The summed E-state index contributed by atoms with van der Waals surface area (Å²) in [6.45, 7) is 3.37. The van der Waals surface area contributed by atoms with Crippen LogP contribution in [0, 0.1) is 5.92 Å². The Bertz CT molecular complexity index is 359. The van der Waals surface area contributed by atoms with Gasteiger partial charge in [-0.15, -0.1) is 11.6 Å². The first-order chi connectivity index (χ1) is 8.69. The largest absolute Gasteiger partial charge is 0.383 e. The molecule has 0 aliphatic heterocycles. The van der Waals surface area contributed by atoms with Crippen LogP contribution in [0.5, 0.6) is 0 Å². The number of rotatable bonds is 7. The number of pyridine rings is 1. The molecule has 0 N–H and O–H groups in total. The number of methoxy groups -OCH3 is 1. The van der Waals surface area contributed by atoms with E-state index in [4.69, 9.17) is 16.3 Å². The quantitative estimate of drug-likeness (QED) is 0.711. The van der Waals surface area contributed by atoms with Gasteiger partial charge in [0.2, 0.25) is 5.91 Å². The lowest BCUT2D eigenvalue weighted by atomic mass is 10.2. The molecule has 0 aliphatic rings. The van der Waals surface area contributed by atoms with Crippen molar-refractivity contribution in [3.8, 4) is 0 Å². The summed E-state index contributed by atoms with van der Waals surface area (Å²) in [4.78, 5) is 18.1. The third-order valence-corrected chi connectivity index (χ3v) is 3.07. The summed E-state index contributed by atoms with van der Waals surface area (Å²) in [6.07, 6.45) is 1.72. The molecule has 1 rings (SSSR count). The molecule has 5 heteroatoms. The maximum Gasteiger partial charge on any atom is 0.227 e. The number of alkyl halides is 1. The molecule has 100 valence electrons. The number of hydrogen-bond donors (Lipinski definition) is 0. The fourth-order valence-electron chi connectivity index (χ4n) is 1.53. The minimum absolute atomic E-state index is 0.0349. The third-order valence-electron chi connectivity index (χ3n) is 2.61. The predicted molar refractivity (Wildman–Crippen MR) is 71.4 cm³/mol. The molecule has 18 heavy (non-hydrogen) atoms. The first kappa shape index (κ1) is 14.9.